The first kappa shape index (κ1) is 16.2. The van der Waals surface area contributed by atoms with Gasteiger partial charge in [-0.1, -0.05) is 30.3 Å². The first-order chi connectivity index (χ1) is 12.7. The maximum absolute atomic E-state index is 12.7. The average Bonchev–Trinajstić information content (AvgIpc) is 3.22. The van der Waals surface area contributed by atoms with E-state index in [0.717, 1.165) is 22.4 Å². The number of nitrogens with zero attached hydrogens (tertiary/aromatic N) is 2. The van der Waals surface area contributed by atoms with Gasteiger partial charge in [0.25, 0.3) is 5.91 Å². The quantitative estimate of drug-likeness (QED) is 0.785. The van der Waals surface area contributed by atoms with Crippen LogP contribution in [0, 0.1) is 0 Å². The minimum atomic E-state index is -0.285. The molecule has 6 heteroatoms. The van der Waals surface area contributed by atoms with Gasteiger partial charge in [-0.2, -0.15) is 5.10 Å². The number of hydrogen-bond donors (Lipinski definition) is 1. The van der Waals surface area contributed by atoms with E-state index in [2.05, 4.69) is 10.2 Å². The fourth-order valence-electron chi connectivity index (χ4n) is 3.49. The zero-order valence-corrected chi connectivity index (χ0v) is 14.8. The van der Waals surface area contributed by atoms with Crippen LogP contribution in [0.4, 0.5) is 0 Å². The fourth-order valence-corrected chi connectivity index (χ4v) is 3.49. The van der Waals surface area contributed by atoms with Crippen molar-refractivity contribution in [2.75, 3.05) is 21.3 Å². The summed E-state index contributed by atoms with van der Waals surface area (Å²) in [7, 11) is 5.02. The molecular formula is C20H19N3O3. The topological polar surface area (TPSA) is 67.5 Å². The van der Waals surface area contributed by atoms with E-state index in [1.165, 1.54) is 0 Å². The van der Waals surface area contributed by atoms with Crippen LogP contribution in [0.1, 0.15) is 27.7 Å². The van der Waals surface area contributed by atoms with Crippen molar-refractivity contribution < 1.29 is 14.3 Å². The number of rotatable bonds is 4. The van der Waals surface area contributed by atoms with E-state index >= 15 is 0 Å². The molecule has 2 heterocycles. The van der Waals surface area contributed by atoms with Crippen LogP contribution in [-0.2, 0) is 0 Å². The molecule has 1 amide bonds. The number of aromatic nitrogens is 2. The lowest BCUT2D eigenvalue weighted by Crippen LogP contribution is -2.25. The molecule has 0 bridgehead atoms. The predicted octanol–water partition coefficient (Wildman–Crippen LogP) is 3.27. The predicted molar refractivity (Wildman–Crippen MR) is 97.5 cm³/mol. The lowest BCUT2D eigenvalue weighted by Gasteiger charge is -2.24. The van der Waals surface area contributed by atoms with E-state index < -0.39 is 0 Å². The second-order valence-corrected chi connectivity index (χ2v) is 6.15. The number of hydrogen-bond acceptors (Lipinski definition) is 4. The Kier molecular flexibility index (Phi) is 3.88. The average molecular weight is 349 g/mol. The molecule has 1 N–H and O–H groups in total. The van der Waals surface area contributed by atoms with Crippen LogP contribution >= 0.6 is 0 Å². The second kappa shape index (κ2) is 6.22. The van der Waals surface area contributed by atoms with Crippen LogP contribution in [0.2, 0.25) is 0 Å². The van der Waals surface area contributed by atoms with Crippen molar-refractivity contribution in [2.24, 2.45) is 0 Å². The molecule has 1 aliphatic heterocycles. The van der Waals surface area contributed by atoms with Crippen molar-refractivity contribution >= 4 is 5.91 Å². The summed E-state index contributed by atoms with van der Waals surface area (Å²) in [5.74, 6) is 1.29. The van der Waals surface area contributed by atoms with E-state index in [-0.39, 0.29) is 11.9 Å². The van der Waals surface area contributed by atoms with Crippen molar-refractivity contribution in [1.82, 2.24) is 15.1 Å². The first-order valence-electron chi connectivity index (χ1n) is 8.28. The Morgan fingerprint density at radius 1 is 1.08 bits per heavy atom. The number of benzene rings is 2. The Balaban J connectivity index is 1.91. The van der Waals surface area contributed by atoms with E-state index in [0.29, 0.717) is 17.2 Å². The largest absolute Gasteiger partial charge is 0.497 e. The second-order valence-electron chi connectivity index (χ2n) is 6.15. The van der Waals surface area contributed by atoms with Gasteiger partial charge in [0.2, 0.25) is 0 Å². The zero-order chi connectivity index (χ0) is 18.3. The monoisotopic (exact) mass is 349 g/mol. The van der Waals surface area contributed by atoms with Crippen LogP contribution in [0.3, 0.4) is 0 Å². The molecule has 0 fully saturated rings. The van der Waals surface area contributed by atoms with E-state index in [9.17, 15) is 4.79 Å². The Morgan fingerprint density at radius 2 is 1.85 bits per heavy atom. The summed E-state index contributed by atoms with van der Waals surface area (Å²) in [4.78, 5) is 14.4. The Bertz CT molecular complexity index is 966. The maximum atomic E-state index is 12.7. The molecule has 6 nitrogen and oxygen atoms in total. The van der Waals surface area contributed by atoms with E-state index in [4.69, 9.17) is 9.47 Å². The summed E-state index contributed by atoms with van der Waals surface area (Å²) in [6.45, 7) is 0. The number of fused-ring (bicyclic) bond motifs is 1. The van der Waals surface area contributed by atoms with Gasteiger partial charge >= 0.3 is 0 Å². The number of ether oxygens (including phenoxy) is 2. The molecule has 3 aromatic rings. The Hall–Kier alpha value is -3.28. The summed E-state index contributed by atoms with van der Waals surface area (Å²) < 4.78 is 10.9. The minimum absolute atomic E-state index is 0.0856. The Labute approximate surface area is 151 Å². The highest BCUT2D eigenvalue weighted by Gasteiger charge is 2.41. The molecular weight excluding hydrogens is 330 g/mol. The fraction of sp³-hybridized carbons (Fsp3) is 0.200. The number of carbonyl (C=O) groups is 1. The number of aromatic amines is 1. The number of carbonyl (C=O) groups excluding carboxylic acids is 1. The molecule has 132 valence electrons. The van der Waals surface area contributed by atoms with Crippen molar-refractivity contribution in [1.29, 1.82) is 0 Å². The number of nitrogens with one attached hydrogen (secondary N) is 1. The van der Waals surface area contributed by atoms with Crippen LogP contribution in [-0.4, -0.2) is 42.3 Å². The third kappa shape index (κ3) is 2.34. The number of methoxy groups -OCH3 is 2. The molecule has 1 unspecified atom stereocenters. The summed E-state index contributed by atoms with van der Waals surface area (Å²) in [6, 6.07) is 15.2. The SMILES string of the molecule is COc1ccc(C2c3c(-c4ccccc4)n[nH]c3C(=O)N2C)c(OC)c1. The van der Waals surface area contributed by atoms with Gasteiger partial charge in [0.05, 0.1) is 26.0 Å². The van der Waals surface area contributed by atoms with Crippen molar-refractivity contribution in [3.63, 3.8) is 0 Å². The highest BCUT2D eigenvalue weighted by Crippen LogP contribution is 2.45. The molecule has 0 radical (unpaired) electrons. The van der Waals surface area contributed by atoms with E-state index in [1.54, 1.807) is 26.2 Å². The number of H-pyrrole nitrogens is 1. The standard InChI is InChI=1S/C20H19N3O3/c1-23-19(14-10-9-13(25-2)11-15(14)26-3)16-17(12-7-5-4-6-8-12)21-22-18(16)20(23)24/h4-11,19H,1-3H3,(H,21,22). The molecule has 0 spiro atoms. The first-order valence-corrected chi connectivity index (χ1v) is 8.28. The minimum Gasteiger partial charge on any atom is -0.497 e. The van der Waals surface area contributed by atoms with Gasteiger partial charge in [-0.15, -0.1) is 0 Å². The molecule has 1 aliphatic rings. The van der Waals surface area contributed by atoms with Crippen LogP contribution in [0.5, 0.6) is 11.5 Å². The molecule has 2 aromatic carbocycles. The van der Waals surface area contributed by atoms with Gasteiger partial charge in [-0.25, -0.2) is 0 Å². The zero-order valence-electron chi connectivity index (χ0n) is 14.8. The normalized spacial score (nSPS) is 15.9. The van der Waals surface area contributed by atoms with Crippen LogP contribution < -0.4 is 9.47 Å². The van der Waals surface area contributed by atoms with Gasteiger partial charge in [0, 0.05) is 29.8 Å². The molecule has 4 rings (SSSR count). The number of amides is 1. The van der Waals surface area contributed by atoms with Gasteiger partial charge in [-0.3, -0.25) is 9.89 Å². The van der Waals surface area contributed by atoms with Crippen LogP contribution in [0.25, 0.3) is 11.3 Å². The molecule has 1 aromatic heterocycles. The van der Waals surface area contributed by atoms with E-state index in [1.807, 2.05) is 48.5 Å². The highest BCUT2D eigenvalue weighted by molar-refractivity contribution is 6.00. The van der Waals surface area contributed by atoms with Gasteiger partial charge in [0.15, 0.2) is 0 Å². The maximum Gasteiger partial charge on any atom is 0.272 e. The van der Waals surface area contributed by atoms with Crippen LogP contribution in [0.15, 0.2) is 48.5 Å². The molecule has 0 saturated heterocycles. The van der Waals surface area contributed by atoms with Crippen molar-refractivity contribution in [3.05, 3.63) is 65.4 Å². The van der Waals surface area contributed by atoms with Gasteiger partial charge in [0.1, 0.15) is 17.2 Å². The molecule has 26 heavy (non-hydrogen) atoms. The van der Waals surface area contributed by atoms with Crippen molar-refractivity contribution in [3.8, 4) is 22.8 Å². The third-order valence-electron chi connectivity index (χ3n) is 4.78. The smallest absolute Gasteiger partial charge is 0.272 e. The summed E-state index contributed by atoms with van der Waals surface area (Å²) in [6.07, 6.45) is 0. The lowest BCUT2D eigenvalue weighted by molar-refractivity contribution is 0.0787. The molecule has 0 aliphatic carbocycles. The lowest BCUT2D eigenvalue weighted by atomic mass is 9.95. The summed E-state index contributed by atoms with van der Waals surface area (Å²) in [5.41, 5.74) is 4.02. The Morgan fingerprint density at radius 3 is 2.54 bits per heavy atom. The highest BCUT2D eigenvalue weighted by atomic mass is 16.5. The van der Waals surface area contributed by atoms with Crippen molar-refractivity contribution in [2.45, 2.75) is 6.04 Å². The van der Waals surface area contributed by atoms with Gasteiger partial charge in [-0.05, 0) is 12.1 Å². The summed E-state index contributed by atoms with van der Waals surface area (Å²) >= 11 is 0. The molecule has 1 atom stereocenters. The van der Waals surface area contributed by atoms with Gasteiger partial charge < -0.3 is 14.4 Å². The summed E-state index contributed by atoms with van der Waals surface area (Å²) in [5, 5.41) is 7.34. The third-order valence-corrected chi connectivity index (χ3v) is 4.78. The molecule has 0 saturated carbocycles.